The molecule has 2 aromatic rings. The van der Waals surface area contributed by atoms with Gasteiger partial charge in [0.15, 0.2) is 0 Å². The number of ether oxygens (including phenoxy) is 1. The zero-order valence-corrected chi connectivity index (χ0v) is 12.3. The van der Waals surface area contributed by atoms with Crippen molar-refractivity contribution >= 4 is 5.82 Å². The van der Waals surface area contributed by atoms with Gasteiger partial charge in [0, 0.05) is 31.4 Å². The minimum Gasteiger partial charge on any atom is -0.458 e. The summed E-state index contributed by atoms with van der Waals surface area (Å²) in [6.07, 6.45) is 0.201. The average Bonchev–Trinajstić information content (AvgIpc) is 2.97. The first kappa shape index (κ1) is 15.4. The van der Waals surface area contributed by atoms with Gasteiger partial charge in [-0.3, -0.25) is 0 Å². The summed E-state index contributed by atoms with van der Waals surface area (Å²) in [5.41, 5.74) is -0.0280. The molecule has 1 unspecified atom stereocenters. The molecule has 2 aromatic heterocycles. The third-order valence-corrected chi connectivity index (χ3v) is 3.44. The second kappa shape index (κ2) is 5.98. The van der Waals surface area contributed by atoms with Crippen molar-refractivity contribution in [2.24, 2.45) is 0 Å². The zero-order chi connectivity index (χ0) is 16.4. The summed E-state index contributed by atoms with van der Waals surface area (Å²) in [6.45, 7) is 2.84. The lowest BCUT2D eigenvalue weighted by atomic mass is 10.3. The van der Waals surface area contributed by atoms with Gasteiger partial charge in [0.1, 0.15) is 23.9 Å². The maximum Gasteiger partial charge on any atom is 0.433 e. The average molecular weight is 325 g/mol. The van der Waals surface area contributed by atoms with E-state index in [9.17, 15) is 13.2 Å². The number of rotatable bonds is 3. The number of hydrogen-bond donors (Lipinski definition) is 0. The van der Waals surface area contributed by atoms with E-state index in [1.54, 1.807) is 17.3 Å². The van der Waals surface area contributed by atoms with Crippen LogP contribution in [-0.4, -0.2) is 39.1 Å². The van der Waals surface area contributed by atoms with E-state index in [4.69, 9.17) is 4.74 Å². The van der Waals surface area contributed by atoms with Crippen molar-refractivity contribution in [1.82, 2.24) is 19.9 Å². The SMILES string of the molecule is Cc1cnc(OC2CCN(c3cc(C(F)(F)F)ncn3)C2)nc1. The molecule has 23 heavy (non-hydrogen) atoms. The van der Waals surface area contributed by atoms with Crippen LogP contribution >= 0.6 is 0 Å². The quantitative estimate of drug-likeness (QED) is 0.862. The number of nitrogens with zero attached hydrogens (tertiary/aromatic N) is 5. The summed E-state index contributed by atoms with van der Waals surface area (Å²) < 4.78 is 43.8. The van der Waals surface area contributed by atoms with E-state index in [2.05, 4.69) is 19.9 Å². The maximum atomic E-state index is 12.7. The van der Waals surface area contributed by atoms with Crippen LogP contribution in [0.25, 0.3) is 0 Å². The number of halogens is 3. The predicted octanol–water partition coefficient (Wildman–Crippen LogP) is 2.25. The summed E-state index contributed by atoms with van der Waals surface area (Å²) >= 11 is 0. The van der Waals surface area contributed by atoms with E-state index < -0.39 is 11.9 Å². The minimum absolute atomic E-state index is 0.193. The Bertz CT molecular complexity index is 677. The fraction of sp³-hybridized carbons (Fsp3) is 0.429. The molecule has 3 heterocycles. The van der Waals surface area contributed by atoms with Crippen molar-refractivity contribution in [2.45, 2.75) is 25.6 Å². The summed E-state index contributed by atoms with van der Waals surface area (Å²) in [7, 11) is 0. The highest BCUT2D eigenvalue weighted by atomic mass is 19.4. The molecule has 1 aliphatic heterocycles. The summed E-state index contributed by atoms with van der Waals surface area (Å²) in [5.74, 6) is 0.239. The van der Waals surface area contributed by atoms with E-state index in [0.717, 1.165) is 18.0 Å². The normalized spacial score (nSPS) is 18.3. The molecule has 0 spiro atoms. The topological polar surface area (TPSA) is 64.0 Å². The highest BCUT2D eigenvalue weighted by Gasteiger charge is 2.34. The van der Waals surface area contributed by atoms with Gasteiger partial charge in [-0.2, -0.15) is 13.2 Å². The molecule has 0 N–H and O–H groups in total. The van der Waals surface area contributed by atoms with Crippen LogP contribution in [0.5, 0.6) is 6.01 Å². The van der Waals surface area contributed by atoms with Crippen LogP contribution in [0, 0.1) is 6.92 Å². The van der Waals surface area contributed by atoms with Gasteiger partial charge in [-0.25, -0.2) is 19.9 Å². The van der Waals surface area contributed by atoms with Crippen molar-refractivity contribution in [3.8, 4) is 6.01 Å². The van der Waals surface area contributed by atoms with E-state index in [0.29, 0.717) is 19.5 Å². The van der Waals surface area contributed by atoms with Gasteiger partial charge in [0.25, 0.3) is 0 Å². The molecule has 0 radical (unpaired) electrons. The van der Waals surface area contributed by atoms with Gasteiger partial charge >= 0.3 is 12.2 Å². The fourth-order valence-electron chi connectivity index (χ4n) is 2.30. The van der Waals surface area contributed by atoms with E-state index in [1.807, 2.05) is 6.92 Å². The molecule has 6 nitrogen and oxygen atoms in total. The number of aromatic nitrogens is 4. The largest absolute Gasteiger partial charge is 0.458 e. The standard InChI is InChI=1S/C14H14F3N5O/c1-9-5-18-13(19-6-9)23-10-2-3-22(7-10)12-4-11(14(15,16)17)20-8-21-12/h4-6,8,10H,2-3,7H2,1H3. The second-order valence-electron chi connectivity index (χ2n) is 5.28. The first-order valence-electron chi connectivity index (χ1n) is 7.01. The third-order valence-electron chi connectivity index (χ3n) is 3.44. The lowest BCUT2D eigenvalue weighted by Crippen LogP contribution is -2.26. The van der Waals surface area contributed by atoms with Gasteiger partial charge in [-0.1, -0.05) is 0 Å². The van der Waals surface area contributed by atoms with Crippen molar-refractivity contribution in [3.63, 3.8) is 0 Å². The Morgan fingerprint density at radius 2 is 1.91 bits per heavy atom. The van der Waals surface area contributed by atoms with Gasteiger partial charge in [0.05, 0.1) is 6.54 Å². The summed E-state index contributed by atoms with van der Waals surface area (Å²) in [6, 6.07) is 1.21. The van der Waals surface area contributed by atoms with Crippen LogP contribution in [0.4, 0.5) is 19.0 Å². The minimum atomic E-state index is -4.48. The predicted molar refractivity (Wildman–Crippen MR) is 75.0 cm³/mol. The van der Waals surface area contributed by atoms with Crippen LogP contribution in [0.3, 0.4) is 0 Å². The molecular weight excluding hydrogens is 311 g/mol. The van der Waals surface area contributed by atoms with Crippen molar-refractivity contribution in [1.29, 1.82) is 0 Å². The molecule has 0 saturated carbocycles. The second-order valence-corrected chi connectivity index (χ2v) is 5.28. The number of anilines is 1. The number of alkyl halides is 3. The highest BCUT2D eigenvalue weighted by molar-refractivity contribution is 5.41. The molecule has 0 aromatic carbocycles. The van der Waals surface area contributed by atoms with Crippen LogP contribution in [0.15, 0.2) is 24.8 Å². The van der Waals surface area contributed by atoms with E-state index in [-0.39, 0.29) is 17.9 Å². The van der Waals surface area contributed by atoms with Crippen LogP contribution in [0.1, 0.15) is 17.7 Å². The van der Waals surface area contributed by atoms with Gasteiger partial charge in [-0.05, 0) is 12.5 Å². The molecule has 122 valence electrons. The Kier molecular flexibility index (Phi) is 4.01. The molecule has 1 fully saturated rings. The first-order chi connectivity index (χ1) is 10.9. The molecule has 9 heteroatoms. The van der Waals surface area contributed by atoms with Crippen LogP contribution in [0.2, 0.25) is 0 Å². The Balaban J connectivity index is 1.66. The molecule has 0 amide bonds. The van der Waals surface area contributed by atoms with Gasteiger partial charge < -0.3 is 9.64 Å². The molecule has 1 atom stereocenters. The number of aryl methyl sites for hydroxylation is 1. The van der Waals surface area contributed by atoms with Crippen molar-refractivity contribution in [3.05, 3.63) is 36.0 Å². The molecule has 3 rings (SSSR count). The Hall–Kier alpha value is -2.45. The Morgan fingerprint density at radius 1 is 1.17 bits per heavy atom. The lowest BCUT2D eigenvalue weighted by molar-refractivity contribution is -0.141. The number of hydrogen-bond acceptors (Lipinski definition) is 6. The molecular formula is C14H14F3N5O. The van der Waals surface area contributed by atoms with E-state index in [1.165, 1.54) is 0 Å². The molecule has 0 aliphatic carbocycles. The molecule has 0 bridgehead atoms. The van der Waals surface area contributed by atoms with Crippen LogP contribution < -0.4 is 9.64 Å². The smallest absolute Gasteiger partial charge is 0.433 e. The maximum absolute atomic E-state index is 12.7. The fourth-order valence-corrected chi connectivity index (χ4v) is 2.30. The Morgan fingerprint density at radius 3 is 2.61 bits per heavy atom. The highest BCUT2D eigenvalue weighted by Crippen LogP contribution is 2.30. The van der Waals surface area contributed by atoms with Crippen molar-refractivity contribution in [2.75, 3.05) is 18.0 Å². The zero-order valence-electron chi connectivity index (χ0n) is 12.3. The molecule has 1 saturated heterocycles. The van der Waals surface area contributed by atoms with Gasteiger partial charge in [-0.15, -0.1) is 0 Å². The Labute approximate surface area is 130 Å². The van der Waals surface area contributed by atoms with E-state index >= 15 is 0 Å². The van der Waals surface area contributed by atoms with Gasteiger partial charge in [0.2, 0.25) is 0 Å². The summed E-state index contributed by atoms with van der Waals surface area (Å²) in [5, 5.41) is 0. The van der Waals surface area contributed by atoms with Crippen molar-refractivity contribution < 1.29 is 17.9 Å². The lowest BCUT2D eigenvalue weighted by Gasteiger charge is -2.18. The van der Waals surface area contributed by atoms with Crippen LogP contribution in [-0.2, 0) is 6.18 Å². The first-order valence-corrected chi connectivity index (χ1v) is 7.01. The summed E-state index contributed by atoms with van der Waals surface area (Å²) in [4.78, 5) is 17.0. The molecule has 1 aliphatic rings. The monoisotopic (exact) mass is 325 g/mol. The third kappa shape index (κ3) is 3.66.